The summed E-state index contributed by atoms with van der Waals surface area (Å²) in [4.78, 5) is 0. The van der Waals surface area contributed by atoms with Crippen LogP contribution in [0.1, 0.15) is 46.0 Å². The van der Waals surface area contributed by atoms with Crippen molar-refractivity contribution in [2.75, 3.05) is 19.6 Å². The number of rotatable bonds is 6. The molecule has 0 spiro atoms. The molecule has 0 aromatic carbocycles. The average molecular weight is 184 g/mol. The van der Waals surface area contributed by atoms with Gasteiger partial charge in [-0.3, -0.25) is 0 Å². The van der Waals surface area contributed by atoms with Gasteiger partial charge in [-0.1, -0.05) is 26.2 Å². The van der Waals surface area contributed by atoms with Crippen LogP contribution in [0.3, 0.4) is 0 Å². The summed E-state index contributed by atoms with van der Waals surface area (Å²) in [5.41, 5.74) is 0.381. The van der Waals surface area contributed by atoms with Crippen LogP contribution in [0.25, 0.3) is 0 Å². The van der Waals surface area contributed by atoms with E-state index in [0.717, 1.165) is 6.54 Å². The van der Waals surface area contributed by atoms with Crippen LogP contribution >= 0.6 is 0 Å². The molecule has 1 unspecified atom stereocenters. The molecule has 1 aliphatic heterocycles. The first-order valence-electron chi connectivity index (χ1n) is 5.72. The second-order valence-corrected chi connectivity index (χ2v) is 4.47. The van der Waals surface area contributed by atoms with Gasteiger partial charge in [-0.2, -0.15) is 0 Å². The van der Waals surface area contributed by atoms with E-state index in [1.165, 1.54) is 45.2 Å². The lowest BCUT2D eigenvalue weighted by Gasteiger charge is -2.24. The van der Waals surface area contributed by atoms with Crippen LogP contribution in [0.4, 0.5) is 0 Å². The van der Waals surface area contributed by atoms with E-state index in [-0.39, 0.29) is 0 Å². The summed E-state index contributed by atoms with van der Waals surface area (Å²) >= 11 is 0. The van der Waals surface area contributed by atoms with Crippen molar-refractivity contribution in [1.82, 2.24) is 10.6 Å². The lowest BCUT2D eigenvalue weighted by atomic mass is 10.0. The van der Waals surface area contributed by atoms with Crippen molar-refractivity contribution in [2.24, 2.45) is 0 Å². The lowest BCUT2D eigenvalue weighted by molar-refractivity contribution is 0.381. The fourth-order valence-corrected chi connectivity index (χ4v) is 1.91. The molecule has 2 nitrogen and oxygen atoms in total. The van der Waals surface area contributed by atoms with E-state index in [4.69, 9.17) is 0 Å². The maximum Gasteiger partial charge on any atom is 0.0289 e. The third-order valence-electron chi connectivity index (χ3n) is 2.95. The van der Waals surface area contributed by atoms with E-state index in [1.807, 2.05) is 0 Å². The smallest absolute Gasteiger partial charge is 0.0289 e. The van der Waals surface area contributed by atoms with E-state index >= 15 is 0 Å². The fourth-order valence-electron chi connectivity index (χ4n) is 1.91. The van der Waals surface area contributed by atoms with Gasteiger partial charge >= 0.3 is 0 Å². The Hall–Kier alpha value is -0.0800. The Morgan fingerprint density at radius 3 is 2.77 bits per heavy atom. The third-order valence-corrected chi connectivity index (χ3v) is 2.95. The molecule has 0 aliphatic carbocycles. The maximum absolute atomic E-state index is 3.65. The highest BCUT2D eigenvalue weighted by molar-refractivity contribution is 4.91. The van der Waals surface area contributed by atoms with Crippen molar-refractivity contribution < 1.29 is 0 Å². The molecule has 1 atom stereocenters. The van der Waals surface area contributed by atoms with Crippen molar-refractivity contribution >= 4 is 0 Å². The standard InChI is InChI=1S/C11H24N2/c1-3-4-5-6-8-13-11(2)7-9-12-10-11/h12-13H,3-10H2,1-2H3. The van der Waals surface area contributed by atoms with E-state index in [1.54, 1.807) is 0 Å². The van der Waals surface area contributed by atoms with E-state index in [2.05, 4.69) is 24.5 Å². The SMILES string of the molecule is CCCCCCNC1(C)CCNC1. The Labute approximate surface area is 82.5 Å². The number of nitrogens with one attached hydrogen (secondary N) is 2. The van der Waals surface area contributed by atoms with Gasteiger partial charge in [0, 0.05) is 12.1 Å². The topological polar surface area (TPSA) is 24.1 Å². The molecule has 0 bridgehead atoms. The molecule has 1 saturated heterocycles. The van der Waals surface area contributed by atoms with Crippen LogP contribution in [0.2, 0.25) is 0 Å². The van der Waals surface area contributed by atoms with Gasteiger partial charge < -0.3 is 10.6 Å². The molecule has 0 aromatic heterocycles. The average Bonchev–Trinajstić information content (AvgIpc) is 2.53. The molecule has 0 radical (unpaired) electrons. The van der Waals surface area contributed by atoms with E-state index in [9.17, 15) is 0 Å². The van der Waals surface area contributed by atoms with Crippen molar-refractivity contribution in [1.29, 1.82) is 0 Å². The number of unbranched alkanes of at least 4 members (excludes halogenated alkanes) is 3. The Morgan fingerprint density at radius 1 is 1.31 bits per heavy atom. The van der Waals surface area contributed by atoms with Gasteiger partial charge in [0.25, 0.3) is 0 Å². The molecule has 13 heavy (non-hydrogen) atoms. The summed E-state index contributed by atoms with van der Waals surface area (Å²) in [7, 11) is 0. The Balaban J connectivity index is 1.98. The summed E-state index contributed by atoms with van der Waals surface area (Å²) < 4.78 is 0. The molecule has 78 valence electrons. The largest absolute Gasteiger partial charge is 0.315 e. The normalized spacial score (nSPS) is 28.2. The quantitative estimate of drug-likeness (QED) is 0.616. The predicted octanol–water partition coefficient (Wildman–Crippen LogP) is 1.91. The van der Waals surface area contributed by atoms with Gasteiger partial charge in [0.1, 0.15) is 0 Å². The van der Waals surface area contributed by atoms with Crippen molar-refractivity contribution in [3.05, 3.63) is 0 Å². The monoisotopic (exact) mass is 184 g/mol. The molecular formula is C11H24N2. The zero-order valence-corrected chi connectivity index (χ0v) is 9.16. The van der Waals surface area contributed by atoms with Gasteiger partial charge in [0.15, 0.2) is 0 Å². The molecule has 0 saturated carbocycles. The second kappa shape index (κ2) is 5.61. The molecular weight excluding hydrogens is 160 g/mol. The summed E-state index contributed by atoms with van der Waals surface area (Å²) in [6.45, 7) is 8.10. The van der Waals surface area contributed by atoms with Crippen LogP contribution in [-0.2, 0) is 0 Å². The first kappa shape index (κ1) is 11.0. The van der Waals surface area contributed by atoms with Crippen molar-refractivity contribution in [3.8, 4) is 0 Å². The first-order valence-corrected chi connectivity index (χ1v) is 5.72. The molecule has 1 aliphatic rings. The van der Waals surface area contributed by atoms with Crippen LogP contribution in [0, 0.1) is 0 Å². The molecule has 1 rings (SSSR count). The molecule has 2 N–H and O–H groups in total. The molecule has 1 fully saturated rings. The van der Waals surface area contributed by atoms with Gasteiger partial charge in [0.2, 0.25) is 0 Å². The van der Waals surface area contributed by atoms with Gasteiger partial charge in [0.05, 0.1) is 0 Å². The zero-order chi connectivity index (χ0) is 9.57. The highest BCUT2D eigenvalue weighted by Gasteiger charge is 2.26. The summed E-state index contributed by atoms with van der Waals surface area (Å²) in [6, 6.07) is 0. The van der Waals surface area contributed by atoms with Crippen LogP contribution < -0.4 is 10.6 Å². The molecule has 0 amide bonds. The van der Waals surface area contributed by atoms with Crippen LogP contribution in [0.15, 0.2) is 0 Å². The minimum atomic E-state index is 0.381. The van der Waals surface area contributed by atoms with Crippen LogP contribution in [0.5, 0.6) is 0 Å². The summed E-state index contributed by atoms with van der Waals surface area (Å²) in [5, 5.41) is 7.06. The Bertz CT molecular complexity index is 128. The summed E-state index contributed by atoms with van der Waals surface area (Å²) in [5.74, 6) is 0. The van der Waals surface area contributed by atoms with Crippen molar-refractivity contribution in [2.45, 2.75) is 51.5 Å². The maximum atomic E-state index is 3.65. The fraction of sp³-hybridized carbons (Fsp3) is 1.00. The van der Waals surface area contributed by atoms with Crippen molar-refractivity contribution in [3.63, 3.8) is 0 Å². The van der Waals surface area contributed by atoms with Gasteiger partial charge in [-0.15, -0.1) is 0 Å². The second-order valence-electron chi connectivity index (χ2n) is 4.47. The zero-order valence-electron chi connectivity index (χ0n) is 9.16. The third kappa shape index (κ3) is 4.10. The number of hydrogen-bond acceptors (Lipinski definition) is 2. The summed E-state index contributed by atoms with van der Waals surface area (Å²) in [6.07, 6.45) is 6.71. The number of hydrogen-bond donors (Lipinski definition) is 2. The minimum absolute atomic E-state index is 0.381. The van der Waals surface area contributed by atoms with E-state index < -0.39 is 0 Å². The molecule has 2 heteroatoms. The van der Waals surface area contributed by atoms with E-state index in [0.29, 0.717) is 5.54 Å². The molecule has 1 heterocycles. The Morgan fingerprint density at radius 2 is 2.15 bits per heavy atom. The first-order chi connectivity index (χ1) is 6.27. The highest BCUT2D eigenvalue weighted by atomic mass is 15.1. The predicted molar refractivity (Wildman–Crippen MR) is 58.0 cm³/mol. The Kier molecular flexibility index (Phi) is 4.74. The molecule has 0 aromatic rings. The van der Waals surface area contributed by atoms with Gasteiger partial charge in [-0.25, -0.2) is 0 Å². The lowest BCUT2D eigenvalue weighted by Crippen LogP contribution is -2.44. The highest BCUT2D eigenvalue weighted by Crippen LogP contribution is 2.13. The van der Waals surface area contributed by atoms with Crippen LogP contribution in [-0.4, -0.2) is 25.2 Å². The minimum Gasteiger partial charge on any atom is -0.315 e. The van der Waals surface area contributed by atoms with Gasteiger partial charge in [-0.05, 0) is 32.9 Å².